The highest BCUT2D eigenvalue weighted by molar-refractivity contribution is 9.10. The summed E-state index contributed by atoms with van der Waals surface area (Å²) in [6, 6.07) is 3.62. The number of hydrogen-bond acceptors (Lipinski definition) is 4. The van der Waals surface area contributed by atoms with E-state index in [2.05, 4.69) is 15.9 Å². The average molecular weight is 304 g/mol. The number of hydrogen-bond donors (Lipinski definition) is 1. The van der Waals surface area contributed by atoms with E-state index in [1.165, 1.54) is 0 Å². The van der Waals surface area contributed by atoms with Crippen LogP contribution in [0.5, 0.6) is 11.5 Å². The first kappa shape index (κ1) is 14.3. The number of likely N-dealkylation sites (N-methyl/N-ethyl adjacent to an activating group) is 1. The Morgan fingerprint density at radius 3 is 2.41 bits per heavy atom. The molecule has 0 radical (unpaired) electrons. The normalized spacial score (nSPS) is 12.6. The molecule has 5 heteroatoms. The lowest BCUT2D eigenvalue weighted by atomic mass is 10.1. The molecule has 0 aromatic heterocycles. The molecular formula is C12H18BrNO3. The first-order valence-corrected chi connectivity index (χ1v) is 6.03. The minimum absolute atomic E-state index is 0.537. The zero-order valence-corrected chi connectivity index (χ0v) is 12.1. The molecule has 17 heavy (non-hydrogen) atoms. The molecule has 0 aliphatic rings. The number of aliphatic hydroxyl groups is 1. The molecule has 1 N–H and O–H groups in total. The topological polar surface area (TPSA) is 41.9 Å². The standard InChI is InChI=1S/C12H18BrNO3/c1-14(2)7-9(15)8-5-6-10(16-3)11(13)12(8)17-4/h5-6,9,15H,7H2,1-4H3. The molecule has 0 amide bonds. The average Bonchev–Trinajstić information content (AvgIpc) is 2.27. The third-order valence-corrected chi connectivity index (χ3v) is 3.16. The van der Waals surface area contributed by atoms with Crippen molar-refractivity contribution < 1.29 is 14.6 Å². The van der Waals surface area contributed by atoms with Gasteiger partial charge in [-0.25, -0.2) is 0 Å². The molecule has 1 aromatic carbocycles. The summed E-state index contributed by atoms with van der Waals surface area (Å²) in [5, 5.41) is 10.1. The Morgan fingerprint density at radius 2 is 1.94 bits per heavy atom. The maximum atomic E-state index is 10.1. The van der Waals surface area contributed by atoms with Crippen molar-refractivity contribution in [3.8, 4) is 11.5 Å². The van der Waals surface area contributed by atoms with Crippen LogP contribution in [0.4, 0.5) is 0 Å². The number of nitrogens with zero attached hydrogens (tertiary/aromatic N) is 1. The van der Waals surface area contributed by atoms with E-state index in [0.29, 0.717) is 18.0 Å². The van der Waals surface area contributed by atoms with Gasteiger partial charge in [0.15, 0.2) is 0 Å². The third kappa shape index (κ3) is 3.34. The fraction of sp³-hybridized carbons (Fsp3) is 0.500. The van der Waals surface area contributed by atoms with E-state index in [4.69, 9.17) is 9.47 Å². The van der Waals surface area contributed by atoms with Crippen LogP contribution in [0.3, 0.4) is 0 Å². The summed E-state index contributed by atoms with van der Waals surface area (Å²) in [6.45, 7) is 0.537. The predicted molar refractivity (Wildman–Crippen MR) is 70.8 cm³/mol. The van der Waals surface area contributed by atoms with Gasteiger partial charge in [-0.2, -0.15) is 0 Å². The van der Waals surface area contributed by atoms with Crippen molar-refractivity contribution in [2.24, 2.45) is 0 Å². The van der Waals surface area contributed by atoms with Gasteiger partial charge in [0.25, 0.3) is 0 Å². The molecule has 96 valence electrons. The monoisotopic (exact) mass is 303 g/mol. The van der Waals surface area contributed by atoms with Gasteiger partial charge in [-0.15, -0.1) is 0 Å². The second kappa shape index (κ2) is 6.23. The summed E-state index contributed by atoms with van der Waals surface area (Å²) in [4.78, 5) is 1.92. The van der Waals surface area contributed by atoms with Crippen molar-refractivity contribution in [1.29, 1.82) is 0 Å². The van der Waals surface area contributed by atoms with Crippen LogP contribution in [0.1, 0.15) is 11.7 Å². The Morgan fingerprint density at radius 1 is 1.29 bits per heavy atom. The van der Waals surface area contributed by atoms with Crippen LogP contribution < -0.4 is 9.47 Å². The molecule has 0 saturated carbocycles. The predicted octanol–water partition coefficient (Wildman–Crippen LogP) is 2.06. The third-order valence-electron chi connectivity index (χ3n) is 2.41. The summed E-state index contributed by atoms with van der Waals surface area (Å²) < 4.78 is 11.2. The molecule has 4 nitrogen and oxygen atoms in total. The Labute approximate surface area is 110 Å². The summed E-state index contributed by atoms with van der Waals surface area (Å²) in [7, 11) is 6.99. The highest BCUT2D eigenvalue weighted by atomic mass is 79.9. The van der Waals surface area contributed by atoms with E-state index in [9.17, 15) is 5.11 Å². The lowest BCUT2D eigenvalue weighted by Crippen LogP contribution is -2.20. The lowest BCUT2D eigenvalue weighted by molar-refractivity contribution is 0.135. The van der Waals surface area contributed by atoms with E-state index in [1.54, 1.807) is 20.3 Å². The molecule has 1 aromatic rings. The summed E-state index contributed by atoms with van der Waals surface area (Å²) >= 11 is 3.41. The Kier molecular flexibility index (Phi) is 5.24. The Bertz CT molecular complexity index is 382. The van der Waals surface area contributed by atoms with Crippen molar-refractivity contribution in [2.75, 3.05) is 34.9 Å². The van der Waals surface area contributed by atoms with Gasteiger partial charge in [-0.3, -0.25) is 0 Å². The van der Waals surface area contributed by atoms with Gasteiger partial charge in [0.2, 0.25) is 0 Å². The zero-order chi connectivity index (χ0) is 13.0. The lowest BCUT2D eigenvalue weighted by Gasteiger charge is -2.20. The van der Waals surface area contributed by atoms with E-state index in [1.807, 2.05) is 25.1 Å². The molecule has 0 aliphatic heterocycles. The van der Waals surface area contributed by atoms with E-state index in [-0.39, 0.29) is 0 Å². The first-order valence-electron chi connectivity index (χ1n) is 5.24. The van der Waals surface area contributed by atoms with Crippen LogP contribution >= 0.6 is 15.9 Å². The molecule has 0 heterocycles. The highest BCUT2D eigenvalue weighted by Gasteiger charge is 2.18. The fourth-order valence-electron chi connectivity index (χ4n) is 1.62. The van der Waals surface area contributed by atoms with Gasteiger partial charge >= 0.3 is 0 Å². The van der Waals surface area contributed by atoms with E-state index < -0.39 is 6.10 Å². The van der Waals surface area contributed by atoms with Crippen molar-refractivity contribution in [3.05, 3.63) is 22.2 Å². The van der Waals surface area contributed by atoms with Crippen LogP contribution in [0, 0.1) is 0 Å². The van der Waals surface area contributed by atoms with Crippen molar-refractivity contribution >= 4 is 15.9 Å². The van der Waals surface area contributed by atoms with E-state index in [0.717, 1.165) is 10.0 Å². The highest BCUT2D eigenvalue weighted by Crippen LogP contribution is 2.39. The molecule has 0 saturated heterocycles. The van der Waals surface area contributed by atoms with E-state index >= 15 is 0 Å². The molecule has 0 spiro atoms. The van der Waals surface area contributed by atoms with Crippen molar-refractivity contribution in [2.45, 2.75) is 6.10 Å². The van der Waals surface area contributed by atoms with Gasteiger partial charge in [0.05, 0.1) is 20.3 Å². The van der Waals surface area contributed by atoms with Crippen molar-refractivity contribution in [3.63, 3.8) is 0 Å². The zero-order valence-electron chi connectivity index (χ0n) is 10.5. The van der Waals surface area contributed by atoms with Crippen LogP contribution in [0.15, 0.2) is 16.6 Å². The van der Waals surface area contributed by atoms with Gasteiger partial charge in [-0.05, 0) is 42.2 Å². The smallest absolute Gasteiger partial charge is 0.142 e. The van der Waals surface area contributed by atoms with Gasteiger partial charge in [-0.1, -0.05) is 0 Å². The summed E-state index contributed by atoms with van der Waals surface area (Å²) in [5.41, 5.74) is 0.744. The number of halogens is 1. The number of rotatable bonds is 5. The van der Waals surface area contributed by atoms with Gasteiger partial charge in [0, 0.05) is 12.1 Å². The Balaban J connectivity index is 3.11. The first-order chi connectivity index (χ1) is 8.01. The molecule has 1 unspecified atom stereocenters. The Hall–Kier alpha value is -0.780. The second-order valence-corrected chi connectivity index (χ2v) is 4.78. The van der Waals surface area contributed by atoms with Crippen LogP contribution in [-0.2, 0) is 0 Å². The fourth-order valence-corrected chi connectivity index (χ4v) is 2.31. The van der Waals surface area contributed by atoms with Crippen LogP contribution in [0.25, 0.3) is 0 Å². The van der Waals surface area contributed by atoms with Crippen LogP contribution in [0.2, 0.25) is 0 Å². The molecule has 1 rings (SSSR count). The SMILES string of the molecule is COc1ccc(C(O)CN(C)C)c(OC)c1Br. The molecule has 0 fully saturated rings. The molecule has 0 bridgehead atoms. The number of ether oxygens (including phenoxy) is 2. The maximum absolute atomic E-state index is 10.1. The summed E-state index contributed by atoms with van der Waals surface area (Å²) in [5.74, 6) is 1.29. The molecule has 0 aliphatic carbocycles. The van der Waals surface area contributed by atoms with Gasteiger partial charge in [0.1, 0.15) is 16.0 Å². The van der Waals surface area contributed by atoms with Crippen molar-refractivity contribution in [1.82, 2.24) is 4.90 Å². The molecular weight excluding hydrogens is 286 g/mol. The second-order valence-electron chi connectivity index (χ2n) is 3.98. The van der Waals surface area contributed by atoms with Gasteiger partial charge < -0.3 is 19.5 Å². The minimum atomic E-state index is -0.595. The maximum Gasteiger partial charge on any atom is 0.142 e. The number of benzene rings is 1. The number of aliphatic hydroxyl groups excluding tert-OH is 1. The quantitative estimate of drug-likeness (QED) is 0.904. The summed E-state index contributed by atoms with van der Waals surface area (Å²) in [6.07, 6.45) is -0.595. The minimum Gasteiger partial charge on any atom is -0.495 e. The van der Waals surface area contributed by atoms with Crippen LogP contribution in [-0.4, -0.2) is 44.9 Å². The molecule has 1 atom stereocenters. The largest absolute Gasteiger partial charge is 0.495 e. The number of methoxy groups -OCH3 is 2.